The van der Waals surface area contributed by atoms with Gasteiger partial charge in [0.15, 0.2) is 0 Å². The number of halogens is 2. The predicted molar refractivity (Wildman–Crippen MR) is 154 cm³/mol. The Morgan fingerprint density at radius 3 is 2.21 bits per heavy atom. The number of carbonyl (C=O) groups is 2. The third-order valence-corrected chi connectivity index (χ3v) is 7.50. The number of rotatable bonds is 8. The number of anilines is 1. The number of ether oxygens (including phenoxy) is 1. The molecule has 0 bridgehead atoms. The van der Waals surface area contributed by atoms with Gasteiger partial charge in [-0.1, -0.05) is 45.2 Å². The third kappa shape index (κ3) is 7.53. The summed E-state index contributed by atoms with van der Waals surface area (Å²) in [5.74, 6) is -0.784. The number of amides is 1. The predicted octanol–water partition coefficient (Wildman–Crippen LogP) is 6.19. The molecule has 11 heteroatoms. The molecule has 0 radical (unpaired) electrons. The molecule has 0 aliphatic carbocycles. The van der Waals surface area contributed by atoms with E-state index in [1.54, 1.807) is 30.3 Å². The number of sulfonamides is 1. The summed E-state index contributed by atoms with van der Waals surface area (Å²) < 4.78 is 33.8. The van der Waals surface area contributed by atoms with Crippen molar-refractivity contribution in [3.63, 3.8) is 0 Å². The molecule has 4 aromatic carbocycles. The van der Waals surface area contributed by atoms with E-state index in [4.69, 9.17) is 16.3 Å². The molecule has 0 aromatic heterocycles. The Morgan fingerprint density at radius 2 is 1.54 bits per heavy atom. The molecule has 8 nitrogen and oxygen atoms in total. The van der Waals surface area contributed by atoms with Crippen LogP contribution in [0.5, 0.6) is 5.75 Å². The first kappa shape index (κ1) is 28.0. The number of hydrazone groups is 1. The smallest absolute Gasteiger partial charge is 0.343 e. The Balaban J connectivity index is 1.40. The van der Waals surface area contributed by atoms with Crippen LogP contribution in [0, 0.1) is 6.92 Å². The van der Waals surface area contributed by atoms with Gasteiger partial charge in [-0.05, 0) is 85.8 Å². The summed E-state index contributed by atoms with van der Waals surface area (Å²) in [5.41, 5.74) is 4.81. The highest BCUT2D eigenvalue weighted by atomic mass is 79.9. The molecule has 0 unspecified atom stereocenters. The summed E-state index contributed by atoms with van der Waals surface area (Å²) in [6.45, 7) is 1.92. The average Bonchev–Trinajstić information content (AvgIpc) is 2.91. The van der Waals surface area contributed by atoms with E-state index in [1.807, 2.05) is 19.1 Å². The van der Waals surface area contributed by atoms with Crippen LogP contribution in [0.2, 0.25) is 5.02 Å². The lowest BCUT2D eigenvalue weighted by molar-refractivity contribution is 0.0734. The molecule has 4 aromatic rings. The van der Waals surface area contributed by atoms with Gasteiger partial charge in [0.25, 0.3) is 15.9 Å². The van der Waals surface area contributed by atoms with Gasteiger partial charge in [-0.3, -0.25) is 9.52 Å². The van der Waals surface area contributed by atoms with E-state index in [2.05, 4.69) is 31.2 Å². The lowest BCUT2D eigenvalue weighted by atomic mass is 10.1. The summed E-state index contributed by atoms with van der Waals surface area (Å²) in [7, 11) is -3.82. The molecular weight excluding hydrogens is 606 g/mol. The average molecular weight is 627 g/mol. The normalized spacial score (nSPS) is 11.3. The topological polar surface area (TPSA) is 114 Å². The minimum atomic E-state index is -3.82. The molecule has 39 heavy (non-hydrogen) atoms. The van der Waals surface area contributed by atoms with Crippen LogP contribution in [0.3, 0.4) is 0 Å². The first-order valence-corrected chi connectivity index (χ1v) is 14.1. The molecule has 0 atom stereocenters. The van der Waals surface area contributed by atoms with Crippen LogP contribution in [0.15, 0.2) is 105 Å². The van der Waals surface area contributed by atoms with Gasteiger partial charge in [-0.15, -0.1) is 0 Å². The van der Waals surface area contributed by atoms with Gasteiger partial charge in [-0.2, -0.15) is 5.10 Å². The molecule has 0 aliphatic heterocycles. The van der Waals surface area contributed by atoms with E-state index < -0.39 is 21.9 Å². The summed E-state index contributed by atoms with van der Waals surface area (Å²) >= 11 is 9.19. The first-order valence-electron chi connectivity index (χ1n) is 11.4. The maximum atomic E-state index is 12.6. The van der Waals surface area contributed by atoms with Gasteiger partial charge in [0.2, 0.25) is 0 Å². The fourth-order valence-electron chi connectivity index (χ4n) is 3.30. The second kappa shape index (κ2) is 12.2. The Bertz CT molecular complexity index is 1640. The molecular formula is C28H21BrClN3O5S. The fraction of sp³-hybridized carbons (Fsp3) is 0.0357. The molecule has 198 valence electrons. The van der Waals surface area contributed by atoms with Gasteiger partial charge in [0, 0.05) is 26.3 Å². The third-order valence-electron chi connectivity index (χ3n) is 5.35. The van der Waals surface area contributed by atoms with Gasteiger partial charge in [0.05, 0.1) is 16.7 Å². The summed E-state index contributed by atoms with van der Waals surface area (Å²) in [6.07, 6.45) is 1.36. The van der Waals surface area contributed by atoms with Crippen LogP contribution in [-0.2, 0) is 10.0 Å². The van der Waals surface area contributed by atoms with Crippen molar-refractivity contribution in [1.29, 1.82) is 0 Å². The van der Waals surface area contributed by atoms with Crippen LogP contribution < -0.4 is 14.9 Å². The summed E-state index contributed by atoms with van der Waals surface area (Å²) in [4.78, 5) is 25.2. The van der Waals surface area contributed by atoms with Crippen molar-refractivity contribution in [3.8, 4) is 5.75 Å². The van der Waals surface area contributed by atoms with Crippen LogP contribution >= 0.6 is 27.5 Å². The second-order valence-corrected chi connectivity index (χ2v) is 11.3. The van der Waals surface area contributed by atoms with Crippen molar-refractivity contribution in [3.05, 3.63) is 123 Å². The number of benzene rings is 4. The Labute approximate surface area is 238 Å². The SMILES string of the molecule is Cc1ccc(C(=O)Oc2ccc(Br)cc2/C=N/NC(=O)c2ccc(NS(=O)(=O)c3ccc(Cl)cc3)cc2)cc1. The monoisotopic (exact) mass is 625 g/mol. The summed E-state index contributed by atoms with van der Waals surface area (Å²) in [5, 5.41) is 4.40. The Hall–Kier alpha value is -3.99. The van der Waals surface area contributed by atoms with Crippen LogP contribution in [0.25, 0.3) is 0 Å². The van der Waals surface area contributed by atoms with E-state index in [-0.39, 0.29) is 21.9 Å². The molecule has 0 heterocycles. The van der Waals surface area contributed by atoms with Gasteiger partial charge >= 0.3 is 5.97 Å². The van der Waals surface area contributed by atoms with Crippen molar-refractivity contribution >= 4 is 61.3 Å². The number of hydrogen-bond acceptors (Lipinski definition) is 6. The van der Waals surface area contributed by atoms with Gasteiger partial charge in [0.1, 0.15) is 5.75 Å². The molecule has 2 N–H and O–H groups in total. The van der Waals surface area contributed by atoms with Crippen molar-refractivity contribution in [2.75, 3.05) is 4.72 Å². The van der Waals surface area contributed by atoms with Crippen molar-refractivity contribution in [1.82, 2.24) is 5.43 Å². The first-order chi connectivity index (χ1) is 18.6. The lowest BCUT2D eigenvalue weighted by Gasteiger charge is -2.09. The zero-order valence-electron chi connectivity index (χ0n) is 20.4. The second-order valence-electron chi connectivity index (χ2n) is 8.27. The maximum absolute atomic E-state index is 12.6. The van der Waals surface area contributed by atoms with Crippen molar-refractivity contribution < 1.29 is 22.7 Å². The highest BCUT2D eigenvalue weighted by molar-refractivity contribution is 9.10. The molecule has 0 aliphatic rings. The number of aryl methyl sites for hydroxylation is 1. The quantitative estimate of drug-likeness (QED) is 0.105. The molecule has 4 rings (SSSR count). The Kier molecular flexibility index (Phi) is 8.80. The largest absolute Gasteiger partial charge is 0.422 e. The fourth-order valence-corrected chi connectivity index (χ4v) is 4.87. The molecule has 0 saturated carbocycles. The van der Waals surface area contributed by atoms with Crippen molar-refractivity contribution in [2.24, 2.45) is 5.10 Å². The highest BCUT2D eigenvalue weighted by Crippen LogP contribution is 2.23. The standard InChI is InChI=1S/C28H21BrClN3O5S/c1-18-2-4-20(5-3-18)28(35)38-26-15-8-22(29)16-21(26)17-31-32-27(34)19-6-11-24(12-7-19)33-39(36,37)25-13-9-23(30)10-14-25/h2-17,33H,1H3,(H,32,34)/b31-17+. The van der Waals surface area contributed by atoms with E-state index in [1.165, 1.54) is 54.7 Å². The molecule has 1 amide bonds. The minimum Gasteiger partial charge on any atom is -0.422 e. The van der Waals surface area contributed by atoms with Crippen LogP contribution in [0.4, 0.5) is 5.69 Å². The molecule has 0 spiro atoms. The molecule has 0 fully saturated rings. The number of nitrogens with one attached hydrogen (secondary N) is 2. The molecule has 0 saturated heterocycles. The van der Waals surface area contributed by atoms with Crippen LogP contribution in [0.1, 0.15) is 31.8 Å². The van der Waals surface area contributed by atoms with Gasteiger partial charge < -0.3 is 4.74 Å². The minimum absolute atomic E-state index is 0.0551. The number of esters is 1. The number of carbonyl (C=O) groups excluding carboxylic acids is 2. The highest BCUT2D eigenvalue weighted by Gasteiger charge is 2.15. The lowest BCUT2D eigenvalue weighted by Crippen LogP contribution is -2.18. The zero-order chi connectivity index (χ0) is 28.0. The van der Waals surface area contributed by atoms with Crippen LogP contribution in [-0.4, -0.2) is 26.5 Å². The zero-order valence-corrected chi connectivity index (χ0v) is 23.5. The van der Waals surface area contributed by atoms with Gasteiger partial charge in [-0.25, -0.2) is 18.6 Å². The Morgan fingerprint density at radius 1 is 0.897 bits per heavy atom. The van der Waals surface area contributed by atoms with E-state index in [0.717, 1.165) is 10.0 Å². The maximum Gasteiger partial charge on any atom is 0.343 e. The van der Waals surface area contributed by atoms with E-state index in [0.29, 0.717) is 16.1 Å². The van der Waals surface area contributed by atoms with E-state index in [9.17, 15) is 18.0 Å². The van der Waals surface area contributed by atoms with Crippen molar-refractivity contribution in [2.45, 2.75) is 11.8 Å². The number of nitrogens with zero attached hydrogens (tertiary/aromatic N) is 1. The number of hydrogen-bond donors (Lipinski definition) is 2. The van der Waals surface area contributed by atoms with E-state index >= 15 is 0 Å². The summed E-state index contributed by atoms with van der Waals surface area (Å²) in [6, 6.07) is 23.6.